The van der Waals surface area contributed by atoms with E-state index in [1.54, 1.807) is 6.92 Å². The van der Waals surface area contributed by atoms with Crippen molar-refractivity contribution in [2.24, 2.45) is 11.8 Å². The third-order valence-corrected chi connectivity index (χ3v) is 1.83. The van der Waals surface area contributed by atoms with E-state index in [0.717, 1.165) is 0 Å². The largest absolute Gasteiger partial charge is 0.481 e. The molecular weight excluding hydrogens is 160 g/mol. The van der Waals surface area contributed by atoms with Crippen molar-refractivity contribution in [2.45, 2.75) is 6.92 Å². The fourth-order valence-corrected chi connectivity index (χ4v) is 1.14. The van der Waals surface area contributed by atoms with Gasteiger partial charge in [-0.1, -0.05) is 6.58 Å². The molecule has 0 radical (unpaired) electrons. The van der Waals surface area contributed by atoms with Crippen LogP contribution in [0, 0.1) is 11.8 Å². The summed E-state index contributed by atoms with van der Waals surface area (Å²) < 4.78 is 4.65. The van der Waals surface area contributed by atoms with Gasteiger partial charge >= 0.3 is 11.9 Å². The van der Waals surface area contributed by atoms with Crippen LogP contribution in [0.2, 0.25) is 0 Å². The molecule has 1 saturated carbocycles. The summed E-state index contributed by atoms with van der Waals surface area (Å²) in [7, 11) is 0. The van der Waals surface area contributed by atoms with Gasteiger partial charge in [0.2, 0.25) is 0 Å². The van der Waals surface area contributed by atoms with E-state index in [4.69, 9.17) is 5.11 Å². The zero-order valence-electron chi connectivity index (χ0n) is 6.74. The van der Waals surface area contributed by atoms with Crippen molar-refractivity contribution >= 4 is 11.9 Å². The third-order valence-electron chi connectivity index (χ3n) is 1.83. The lowest BCUT2D eigenvalue weighted by Gasteiger charge is -1.96. The molecule has 0 heterocycles. The zero-order valence-corrected chi connectivity index (χ0v) is 6.74. The molecule has 0 aromatic rings. The minimum atomic E-state index is -1.00. The highest BCUT2D eigenvalue weighted by molar-refractivity contribution is 5.93. The predicted molar refractivity (Wildman–Crippen MR) is 40.4 cm³/mol. The number of hydrogen-bond donors (Lipinski definition) is 1. The SMILES string of the molecule is C=C1[C@@H](C(=O)O)[C@@H]1C(=O)OCC. The average molecular weight is 170 g/mol. The summed E-state index contributed by atoms with van der Waals surface area (Å²) in [6.07, 6.45) is 0. The second kappa shape index (κ2) is 2.97. The summed E-state index contributed by atoms with van der Waals surface area (Å²) in [4.78, 5) is 21.4. The van der Waals surface area contributed by atoms with Gasteiger partial charge in [0, 0.05) is 0 Å². The van der Waals surface area contributed by atoms with Crippen molar-refractivity contribution < 1.29 is 19.4 Å². The van der Waals surface area contributed by atoms with Crippen molar-refractivity contribution in [3.8, 4) is 0 Å². The lowest BCUT2D eigenvalue weighted by atomic mass is 10.3. The molecule has 4 heteroatoms. The number of ether oxygens (including phenoxy) is 1. The first-order valence-electron chi connectivity index (χ1n) is 3.67. The summed E-state index contributed by atoms with van der Waals surface area (Å²) in [5, 5.41) is 8.54. The van der Waals surface area contributed by atoms with Gasteiger partial charge in [0.25, 0.3) is 0 Å². The fourth-order valence-electron chi connectivity index (χ4n) is 1.14. The van der Waals surface area contributed by atoms with E-state index in [2.05, 4.69) is 11.3 Å². The molecule has 0 saturated heterocycles. The molecule has 0 aromatic heterocycles. The maximum absolute atomic E-state index is 11.0. The van der Waals surface area contributed by atoms with E-state index in [1.807, 2.05) is 0 Å². The normalized spacial score (nSPS) is 26.6. The Balaban J connectivity index is 2.53. The van der Waals surface area contributed by atoms with E-state index in [9.17, 15) is 9.59 Å². The smallest absolute Gasteiger partial charge is 0.314 e. The van der Waals surface area contributed by atoms with Crippen LogP contribution in [0.15, 0.2) is 12.2 Å². The zero-order chi connectivity index (χ0) is 9.30. The lowest BCUT2D eigenvalue weighted by molar-refractivity contribution is -0.148. The highest BCUT2D eigenvalue weighted by atomic mass is 16.5. The van der Waals surface area contributed by atoms with E-state index in [0.29, 0.717) is 5.57 Å². The summed E-state index contributed by atoms with van der Waals surface area (Å²) >= 11 is 0. The Morgan fingerprint density at radius 2 is 2.17 bits per heavy atom. The first-order valence-corrected chi connectivity index (χ1v) is 3.67. The lowest BCUT2D eigenvalue weighted by Crippen LogP contribution is -2.10. The van der Waals surface area contributed by atoms with Gasteiger partial charge in [0.1, 0.15) is 0 Å². The van der Waals surface area contributed by atoms with Gasteiger partial charge in [-0.05, 0) is 12.5 Å². The second-order valence-corrected chi connectivity index (χ2v) is 2.62. The summed E-state index contributed by atoms with van der Waals surface area (Å²) in [5.41, 5.74) is 0.445. The van der Waals surface area contributed by atoms with Gasteiger partial charge in [-0.25, -0.2) is 0 Å². The first-order chi connectivity index (χ1) is 5.59. The molecule has 1 N–H and O–H groups in total. The van der Waals surface area contributed by atoms with Crippen LogP contribution in [-0.4, -0.2) is 23.7 Å². The monoisotopic (exact) mass is 170 g/mol. The Kier molecular flexibility index (Phi) is 2.17. The maximum Gasteiger partial charge on any atom is 0.314 e. The van der Waals surface area contributed by atoms with Crippen molar-refractivity contribution in [1.82, 2.24) is 0 Å². The van der Waals surface area contributed by atoms with Gasteiger partial charge in [0.15, 0.2) is 0 Å². The topological polar surface area (TPSA) is 63.6 Å². The van der Waals surface area contributed by atoms with Gasteiger partial charge in [-0.3, -0.25) is 9.59 Å². The molecule has 1 aliphatic carbocycles. The molecule has 0 unspecified atom stereocenters. The number of esters is 1. The van der Waals surface area contributed by atoms with Crippen molar-refractivity contribution in [3.05, 3.63) is 12.2 Å². The molecule has 0 aliphatic heterocycles. The molecule has 4 nitrogen and oxygen atoms in total. The number of carbonyl (C=O) groups excluding carboxylic acids is 1. The van der Waals surface area contributed by atoms with Gasteiger partial charge in [-0.15, -0.1) is 0 Å². The molecular formula is C8H10O4. The Hall–Kier alpha value is -1.32. The Morgan fingerprint density at radius 1 is 1.58 bits per heavy atom. The number of hydrogen-bond acceptors (Lipinski definition) is 3. The van der Waals surface area contributed by atoms with Crippen LogP contribution < -0.4 is 0 Å². The third kappa shape index (κ3) is 1.32. The number of carboxylic acid groups (broad SMARTS) is 1. The van der Waals surface area contributed by atoms with Gasteiger partial charge < -0.3 is 9.84 Å². The molecule has 0 aromatic carbocycles. The summed E-state index contributed by atoms with van der Waals surface area (Å²) in [5.74, 6) is -2.81. The number of rotatable bonds is 3. The number of carboxylic acids is 1. The van der Waals surface area contributed by atoms with Crippen LogP contribution in [-0.2, 0) is 14.3 Å². The minimum Gasteiger partial charge on any atom is -0.481 e. The molecule has 12 heavy (non-hydrogen) atoms. The van der Waals surface area contributed by atoms with Crippen LogP contribution in [0.5, 0.6) is 0 Å². The van der Waals surface area contributed by atoms with E-state index in [1.165, 1.54) is 0 Å². The van der Waals surface area contributed by atoms with Crippen LogP contribution in [0.25, 0.3) is 0 Å². The second-order valence-electron chi connectivity index (χ2n) is 2.62. The molecule has 1 fully saturated rings. The molecule has 1 rings (SSSR count). The highest BCUT2D eigenvalue weighted by Crippen LogP contribution is 2.45. The van der Waals surface area contributed by atoms with Gasteiger partial charge in [-0.2, -0.15) is 0 Å². The Bertz CT molecular complexity index is 243. The summed E-state index contributed by atoms with van der Waals surface area (Å²) in [6.45, 7) is 5.42. The molecule has 66 valence electrons. The number of aliphatic carboxylic acids is 1. The average Bonchev–Trinajstić information content (AvgIpc) is 2.62. The van der Waals surface area contributed by atoms with E-state index in [-0.39, 0.29) is 6.61 Å². The quantitative estimate of drug-likeness (QED) is 0.493. The molecule has 0 spiro atoms. The van der Waals surface area contributed by atoms with Crippen LogP contribution >= 0.6 is 0 Å². The van der Waals surface area contributed by atoms with Crippen LogP contribution in [0.3, 0.4) is 0 Å². The van der Waals surface area contributed by atoms with E-state index >= 15 is 0 Å². The minimum absolute atomic E-state index is 0.273. The number of carbonyl (C=O) groups is 2. The van der Waals surface area contributed by atoms with Gasteiger partial charge in [0.05, 0.1) is 18.4 Å². The maximum atomic E-state index is 11.0. The fraction of sp³-hybridized carbons (Fsp3) is 0.500. The van der Waals surface area contributed by atoms with Crippen molar-refractivity contribution in [3.63, 3.8) is 0 Å². The highest BCUT2D eigenvalue weighted by Gasteiger charge is 2.53. The van der Waals surface area contributed by atoms with E-state index < -0.39 is 23.8 Å². The molecule has 1 aliphatic rings. The standard InChI is InChI=1S/C8H10O4/c1-3-12-8(11)6-4(2)5(6)7(9)10/h5-6H,2-3H2,1H3,(H,9,10)/t5-,6-/m1/s1. The Labute approximate surface area is 69.8 Å². The summed E-state index contributed by atoms with van der Waals surface area (Å²) in [6, 6.07) is 0. The molecule has 2 atom stereocenters. The predicted octanol–water partition coefficient (Wildman–Crippen LogP) is 0.436. The van der Waals surface area contributed by atoms with Crippen LogP contribution in [0.4, 0.5) is 0 Å². The molecule has 0 bridgehead atoms. The van der Waals surface area contributed by atoms with Crippen molar-refractivity contribution in [1.29, 1.82) is 0 Å². The Morgan fingerprint density at radius 3 is 2.50 bits per heavy atom. The van der Waals surface area contributed by atoms with Crippen molar-refractivity contribution in [2.75, 3.05) is 6.61 Å². The molecule has 0 amide bonds. The first kappa shape index (κ1) is 8.77. The van der Waals surface area contributed by atoms with Crippen LogP contribution in [0.1, 0.15) is 6.92 Å².